The van der Waals surface area contributed by atoms with E-state index in [0.29, 0.717) is 12.4 Å². The minimum atomic E-state index is -0.0402. The molecule has 0 aliphatic rings. The Morgan fingerprint density at radius 3 is 2.67 bits per heavy atom. The number of nitrogens with one attached hydrogen (secondary N) is 2. The normalized spacial score (nSPS) is 12.5. The summed E-state index contributed by atoms with van der Waals surface area (Å²) in [5.41, 5.74) is 1.16. The van der Waals surface area contributed by atoms with Gasteiger partial charge >= 0.3 is 0 Å². The Kier molecular flexibility index (Phi) is 6.00. The van der Waals surface area contributed by atoms with Crippen LogP contribution in [0.3, 0.4) is 0 Å². The summed E-state index contributed by atoms with van der Waals surface area (Å²) >= 11 is 0. The molecule has 2 N–H and O–H groups in total. The third-order valence-electron chi connectivity index (χ3n) is 3.47. The van der Waals surface area contributed by atoms with E-state index in [9.17, 15) is 0 Å². The molecule has 0 saturated carbocycles. The van der Waals surface area contributed by atoms with E-state index >= 15 is 0 Å². The molecule has 0 bridgehead atoms. The van der Waals surface area contributed by atoms with Gasteiger partial charge in [-0.25, -0.2) is 9.98 Å². The lowest BCUT2D eigenvalue weighted by molar-refractivity contribution is 0.383. The molecule has 0 amide bonds. The van der Waals surface area contributed by atoms with Crippen LogP contribution in [-0.2, 0) is 25.4 Å². The van der Waals surface area contributed by atoms with Crippen molar-refractivity contribution < 1.29 is 4.42 Å². The predicted molar refractivity (Wildman–Crippen MR) is 94.9 cm³/mol. The number of guanidine groups is 1. The van der Waals surface area contributed by atoms with Crippen molar-refractivity contribution in [2.75, 3.05) is 13.1 Å². The summed E-state index contributed by atoms with van der Waals surface area (Å²) in [5.74, 6) is 2.27. The molecule has 2 aromatic heterocycles. The molecular weight excluding hydrogens is 304 g/mol. The number of aromatic nitrogens is 3. The lowest BCUT2D eigenvalue weighted by atomic mass is 9.94. The lowest BCUT2D eigenvalue weighted by Crippen LogP contribution is -2.38. The Bertz CT molecular complexity index is 665. The van der Waals surface area contributed by atoms with Crippen LogP contribution in [0, 0.1) is 0 Å². The van der Waals surface area contributed by atoms with E-state index in [4.69, 9.17) is 4.42 Å². The van der Waals surface area contributed by atoms with Crippen LogP contribution >= 0.6 is 0 Å². The maximum absolute atomic E-state index is 5.77. The minimum Gasteiger partial charge on any atom is -0.443 e. The quantitative estimate of drug-likeness (QED) is 0.625. The lowest BCUT2D eigenvalue weighted by Gasteiger charge is -2.13. The van der Waals surface area contributed by atoms with E-state index in [-0.39, 0.29) is 5.41 Å². The van der Waals surface area contributed by atoms with Crippen LogP contribution in [0.1, 0.15) is 44.9 Å². The Morgan fingerprint density at radius 1 is 1.29 bits per heavy atom. The molecule has 0 aliphatic heterocycles. The number of rotatable bonds is 6. The van der Waals surface area contributed by atoms with Gasteiger partial charge in [0.1, 0.15) is 12.3 Å². The Balaban J connectivity index is 1.89. The summed E-state index contributed by atoms with van der Waals surface area (Å²) in [5, 5.41) is 10.7. The SMILES string of the molecule is CCNC(=NCc1ncc(C(C)(C)C)o1)NCCc1cnn(C)c1. The highest BCUT2D eigenvalue weighted by molar-refractivity contribution is 5.79. The summed E-state index contributed by atoms with van der Waals surface area (Å²) in [6.07, 6.45) is 6.58. The molecule has 24 heavy (non-hydrogen) atoms. The Labute approximate surface area is 143 Å². The minimum absolute atomic E-state index is 0.0402. The third kappa shape index (κ3) is 5.40. The first-order chi connectivity index (χ1) is 11.4. The van der Waals surface area contributed by atoms with Crippen molar-refractivity contribution in [3.63, 3.8) is 0 Å². The average molecular weight is 332 g/mol. The summed E-state index contributed by atoms with van der Waals surface area (Å²) in [6, 6.07) is 0. The van der Waals surface area contributed by atoms with Gasteiger partial charge in [0.05, 0.1) is 12.4 Å². The molecular formula is C17H28N6O. The van der Waals surface area contributed by atoms with Crippen molar-refractivity contribution >= 4 is 5.96 Å². The van der Waals surface area contributed by atoms with Crippen LogP contribution in [0.4, 0.5) is 0 Å². The van der Waals surface area contributed by atoms with Crippen LogP contribution < -0.4 is 10.6 Å². The summed E-state index contributed by atoms with van der Waals surface area (Å²) in [6.45, 7) is 10.4. The van der Waals surface area contributed by atoms with Crippen molar-refractivity contribution in [1.29, 1.82) is 0 Å². The zero-order chi connectivity index (χ0) is 17.6. The molecule has 0 fully saturated rings. The van der Waals surface area contributed by atoms with Gasteiger partial charge in [-0.3, -0.25) is 4.68 Å². The molecule has 0 saturated heterocycles. The number of aryl methyl sites for hydroxylation is 1. The Hall–Kier alpha value is -2.31. The zero-order valence-corrected chi connectivity index (χ0v) is 15.3. The molecule has 7 nitrogen and oxygen atoms in total. The van der Waals surface area contributed by atoms with E-state index in [2.05, 4.69) is 46.5 Å². The fourth-order valence-electron chi connectivity index (χ4n) is 2.14. The largest absolute Gasteiger partial charge is 0.443 e. The van der Waals surface area contributed by atoms with Crippen molar-refractivity contribution in [3.8, 4) is 0 Å². The first-order valence-electron chi connectivity index (χ1n) is 8.33. The average Bonchev–Trinajstić information content (AvgIpc) is 3.13. The highest BCUT2D eigenvalue weighted by Crippen LogP contribution is 2.22. The molecule has 0 spiro atoms. The molecule has 7 heteroatoms. The van der Waals surface area contributed by atoms with Crippen LogP contribution in [0.25, 0.3) is 0 Å². The molecule has 132 valence electrons. The van der Waals surface area contributed by atoms with Crippen LogP contribution in [0.2, 0.25) is 0 Å². The standard InChI is InChI=1S/C17H28N6O/c1-6-18-16(19-8-7-13-9-22-23(5)12-13)21-11-15-20-10-14(24-15)17(2,3)4/h9-10,12H,6-8,11H2,1-5H3,(H2,18,19,21). The number of nitrogens with zero attached hydrogens (tertiary/aromatic N) is 4. The molecule has 2 aromatic rings. The predicted octanol–water partition coefficient (Wildman–Crippen LogP) is 2.00. The summed E-state index contributed by atoms with van der Waals surface area (Å²) in [7, 11) is 1.92. The van der Waals surface area contributed by atoms with E-state index in [0.717, 1.165) is 31.2 Å². The van der Waals surface area contributed by atoms with Gasteiger partial charge in [-0.15, -0.1) is 0 Å². The van der Waals surface area contributed by atoms with Crippen molar-refractivity contribution in [2.45, 2.75) is 46.1 Å². The second kappa shape index (κ2) is 7.99. The first kappa shape index (κ1) is 18.0. The van der Waals surface area contributed by atoms with Gasteiger partial charge in [-0.05, 0) is 18.9 Å². The monoisotopic (exact) mass is 332 g/mol. The maximum Gasteiger partial charge on any atom is 0.216 e. The van der Waals surface area contributed by atoms with Crippen LogP contribution in [-0.4, -0.2) is 33.8 Å². The number of aliphatic imine (C=N–C) groups is 1. The van der Waals surface area contributed by atoms with Gasteiger partial charge in [0.25, 0.3) is 0 Å². The van der Waals surface area contributed by atoms with E-state index in [1.165, 1.54) is 5.56 Å². The molecule has 0 radical (unpaired) electrons. The molecule has 2 rings (SSSR count). The molecule has 2 heterocycles. The van der Waals surface area contributed by atoms with Gasteiger partial charge in [0.15, 0.2) is 5.96 Å². The Morgan fingerprint density at radius 2 is 2.08 bits per heavy atom. The highest BCUT2D eigenvalue weighted by Gasteiger charge is 2.18. The van der Waals surface area contributed by atoms with E-state index in [1.54, 1.807) is 6.20 Å². The fourth-order valence-corrected chi connectivity index (χ4v) is 2.14. The van der Waals surface area contributed by atoms with Crippen molar-refractivity contribution in [2.24, 2.45) is 12.0 Å². The molecule has 0 unspecified atom stereocenters. The van der Waals surface area contributed by atoms with Crippen LogP contribution in [0.5, 0.6) is 0 Å². The summed E-state index contributed by atoms with van der Waals surface area (Å²) < 4.78 is 7.58. The van der Waals surface area contributed by atoms with Crippen LogP contribution in [0.15, 0.2) is 28.0 Å². The van der Waals surface area contributed by atoms with Gasteiger partial charge in [0, 0.05) is 31.7 Å². The van der Waals surface area contributed by atoms with Gasteiger partial charge < -0.3 is 15.1 Å². The maximum atomic E-state index is 5.77. The molecule has 0 atom stereocenters. The fraction of sp³-hybridized carbons (Fsp3) is 0.588. The molecule has 0 aromatic carbocycles. The first-order valence-corrected chi connectivity index (χ1v) is 8.33. The topological polar surface area (TPSA) is 80.3 Å². The van der Waals surface area contributed by atoms with Gasteiger partial charge in [-0.1, -0.05) is 20.8 Å². The highest BCUT2D eigenvalue weighted by atomic mass is 16.4. The van der Waals surface area contributed by atoms with Gasteiger partial charge in [-0.2, -0.15) is 5.10 Å². The van der Waals surface area contributed by atoms with Gasteiger partial charge in [0.2, 0.25) is 5.89 Å². The second-order valence-corrected chi connectivity index (χ2v) is 6.76. The summed E-state index contributed by atoms with van der Waals surface area (Å²) in [4.78, 5) is 8.84. The third-order valence-corrected chi connectivity index (χ3v) is 3.47. The van der Waals surface area contributed by atoms with E-state index < -0.39 is 0 Å². The number of hydrogen-bond donors (Lipinski definition) is 2. The van der Waals surface area contributed by atoms with Crippen molar-refractivity contribution in [3.05, 3.63) is 35.8 Å². The zero-order valence-electron chi connectivity index (χ0n) is 15.3. The second-order valence-electron chi connectivity index (χ2n) is 6.76. The smallest absolute Gasteiger partial charge is 0.216 e. The number of hydrogen-bond acceptors (Lipinski definition) is 4. The molecule has 0 aliphatic carbocycles. The van der Waals surface area contributed by atoms with E-state index in [1.807, 2.05) is 31.0 Å². The van der Waals surface area contributed by atoms with Crippen molar-refractivity contribution in [1.82, 2.24) is 25.4 Å². The number of oxazole rings is 1.